The first-order valence-corrected chi connectivity index (χ1v) is 18.5. The Morgan fingerprint density at radius 3 is 1.58 bits per heavy atom. The van der Waals surface area contributed by atoms with E-state index in [-0.39, 0.29) is 29.0 Å². The number of aryl methyl sites for hydroxylation is 2. The van der Waals surface area contributed by atoms with Crippen LogP contribution >= 0.6 is 31.9 Å². The van der Waals surface area contributed by atoms with Crippen molar-refractivity contribution in [3.05, 3.63) is 181 Å². The minimum absolute atomic E-state index is 0.0188. The van der Waals surface area contributed by atoms with Gasteiger partial charge in [-0.2, -0.15) is 0 Å². The zero-order valence-electron chi connectivity index (χ0n) is 29.6. The Kier molecular flexibility index (Phi) is 14.2. The fraction of sp³-hybridized carbons (Fsp3) is 0.119. The molecule has 6 aromatic rings. The molecule has 13 heteroatoms. The average Bonchev–Trinajstić information content (AvgIpc) is 3.17. The highest BCUT2D eigenvalue weighted by molar-refractivity contribution is 9.10. The standard InChI is InChI=1S/C22H19BrF2N2O.C20H16BrF2N3O/c1-14-13-16(23)7-10-19(14)27-21-17(8-9-18(24)20(21)25)22(28)26-12-11-15-5-3-2-4-6-15;1-12-10-14(21)2-5-17(12)26-19-15(3-4-16(22)18(19)23)20(27)25-11-13-6-8-24-9-7-13/h2-10,13,27H,11-12H2,1H3,(H,26,28);2-10,26H,11H2,1H3,(H,25,27). The lowest BCUT2D eigenvalue weighted by Gasteiger charge is -2.15. The van der Waals surface area contributed by atoms with E-state index in [0.717, 1.165) is 43.3 Å². The molecule has 0 bridgehead atoms. The fourth-order valence-corrected chi connectivity index (χ4v) is 6.32. The third-order valence-corrected chi connectivity index (χ3v) is 9.31. The molecule has 0 saturated heterocycles. The van der Waals surface area contributed by atoms with Crippen LogP contribution in [0, 0.1) is 37.1 Å². The molecule has 4 N–H and O–H groups in total. The Bertz CT molecular complexity index is 2300. The van der Waals surface area contributed by atoms with Crippen LogP contribution in [0.4, 0.5) is 40.3 Å². The minimum Gasteiger partial charge on any atom is -0.352 e. The summed E-state index contributed by atoms with van der Waals surface area (Å²) >= 11 is 6.72. The topological polar surface area (TPSA) is 95.2 Å². The first kappa shape index (κ1) is 40.7. The first-order chi connectivity index (χ1) is 26.4. The van der Waals surface area contributed by atoms with Crippen LogP contribution in [0.1, 0.15) is 43.0 Å². The van der Waals surface area contributed by atoms with E-state index in [9.17, 15) is 27.2 Å². The summed E-state index contributed by atoms with van der Waals surface area (Å²) in [4.78, 5) is 29.1. The molecule has 6 rings (SSSR count). The molecular formula is C42H35Br2F4N5O2. The number of amides is 2. The summed E-state index contributed by atoms with van der Waals surface area (Å²) in [5.41, 5.74) is 4.42. The van der Waals surface area contributed by atoms with E-state index in [2.05, 4.69) is 58.1 Å². The molecule has 0 fully saturated rings. The van der Waals surface area contributed by atoms with Crippen LogP contribution in [0.3, 0.4) is 0 Å². The van der Waals surface area contributed by atoms with Crippen molar-refractivity contribution >= 4 is 66.4 Å². The van der Waals surface area contributed by atoms with Crippen molar-refractivity contribution in [1.29, 1.82) is 0 Å². The van der Waals surface area contributed by atoms with Crippen LogP contribution < -0.4 is 21.3 Å². The van der Waals surface area contributed by atoms with Gasteiger partial charge in [-0.1, -0.05) is 62.2 Å². The molecule has 0 aliphatic rings. The number of nitrogens with zero attached hydrogens (tertiary/aromatic N) is 1. The average molecular weight is 878 g/mol. The number of halogens is 6. The van der Waals surface area contributed by atoms with Gasteiger partial charge in [-0.15, -0.1) is 0 Å². The van der Waals surface area contributed by atoms with Gasteiger partial charge in [0.25, 0.3) is 11.8 Å². The number of anilines is 4. The van der Waals surface area contributed by atoms with Gasteiger partial charge in [-0.3, -0.25) is 14.6 Å². The van der Waals surface area contributed by atoms with Crippen LogP contribution in [0.25, 0.3) is 0 Å². The zero-order chi connectivity index (χ0) is 39.5. The van der Waals surface area contributed by atoms with Crippen molar-refractivity contribution < 1.29 is 27.2 Å². The van der Waals surface area contributed by atoms with E-state index < -0.39 is 35.1 Å². The number of hydrogen-bond donors (Lipinski definition) is 4. The normalized spacial score (nSPS) is 10.5. The maximum atomic E-state index is 14.5. The number of carbonyl (C=O) groups is 2. The molecule has 1 heterocycles. The minimum atomic E-state index is -1.10. The molecule has 0 spiro atoms. The number of carbonyl (C=O) groups excluding carboxylic acids is 2. The maximum absolute atomic E-state index is 14.5. The second-order valence-electron chi connectivity index (χ2n) is 12.3. The van der Waals surface area contributed by atoms with E-state index >= 15 is 0 Å². The van der Waals surface area contributed by atoms with E-state index in [1.54, 1.807) is 48.8 Å². The lowest BCUT2D eigenvalue weighted by Crippen LogP contribution is -2.26. The van der Waals surface area contributed by atoms with E-state index in [4.69, 9.17) is 0 Å². The van der Waals surface area contributed by atoms with Gasteiger partial charge in [-0.25, -0.2) is 17.6 Å². The van der Waals surface area contributed by atoms with Gasteiger partial charge in [0, 0.05) is 45.8 Å². The summed E-state index contributed by atoms with van der Waals surface area (Å²) < 4.78 is 58.2. The second-order valence-corrected chi connectivity index (χ2v) is 14.1. The molecule has 7 nitrogen and oxygen atoms in total. The summed E-state index contributed by atoms with van der Waals surface area (Å²) in [5.74, 6) is -5.21. The van der Waals surface area contributed by atoms with Crippen molar-refractivity contribution in [2.45, 2.75) is 26.8 Å². The molecule has 55 heavy (non-hydrogen) atoms. The Labute approximate surface area is 332 Å². The number of hydrogen-bond acceptors (Lipinski definition) is 5. The molecule has 5 aromatic carbocycles. The molecule has 0 atom stereocenters. The molecule has 0 saturated carbocycles. The van der Waals surface area contributed by atoms with Crippen molar-refractivity contribution in [2.75, 3.05) is 17.2 Å². The molecule has 0 radical (unpaired) electrons. The maximum Gasteiger partial charge on any atom is 0.253 e. The van der Waals surface area contributed by atoms with Gasteiger partial charge < -0.3 is 21.3 Å². The summed E-state index contributed by atoms with van der Waals surface area (Å²) in [6.45, 7) is 4.30. The predicted octanol–water partition coefficient (Wildman–Crippen LogP) is 10.9. The van der Waals surface area contributed by atoms with Gasteiger partial charge in [-0.05, 0) is 115 Å². The highest BCUT2D eigenvalue weighted by atomic mass is 79.9. The molecular weight excluding hydrogens is 842 g/mol. The SMILES string of the molecule is Cc1cc(Br)ccc1Nc1c(C(=O)NCCc2ccccc2)ccc(F)c1F.Cc1cc(Br)ccc1Nc1c(C(=O)NCc2ccncc2)ccc(F)c1F. The van der Waals surface area contributed by atoms with Crippen LogP contribution in [-0.2, 0) is 13.0 Å². The lowest BCUT2D eigenvalue weighted by molar-refractivity contribution is 0.0944. The smallest absolute Gasteiger partial charge is 0.253 e. The van der Waals surface area contributed by atoms with Crippen molar-refractivity contribution in [2.24, 2.45) is 0 Å². The zero-order valence-corrected chi connectivity index (χ0v) is 32.8. The van der Waals surface area contributed by atoms with Crippen molar-refractivity contribution in [3.8, 4) is 0 Å². The summed E-state index contributed by atoms with van der Waals surface area (Å²) in [7, 11) is 0. The lowest BCUT2D eigenvalue weighted by atomic mass is 10.1. The fourth-order valence-electron chi connectivity index (χ4n) is 5.37. The highest BCUT2D eigenvalue weighted by Gasteiger charge is 2.21. The first-order valence-electron chi connectivity index (χ1n) is 16.9. The van der Waals surface area contributed by atoms with Gasteiger partial charge in [0.2, 0.25) is 0 Å². The number of aromatic nitrogens is 1. The Morgan fingerprint density at radius 2 is 1.09 bits per heavy atom. The van der Waals surface area contributed by atoms with Gasteiger partial charge in [0.05, 0.1) is 22.5 Å². The summed E-state index contributed by atoms with van der Waals surface area (Å²) in [6.07, 6.45) is 3.87. The molecule has 0 unspecified atom stereocenters. The predicted molar refractivity (Wildman–Crippen MR) is 215 cm³/mol. The highest BCUT2D eigenvalue weighted by Crippen LogP contribution is 2.31. The summed E-state index contributed by atoms with van der Waals surface area (Å²) in [6, 6.07) is 28.4. The van der Waals surface area contributed by atoms with E-state index in [0.29, 0.717) is 24.3 Å². The van der Waals surface area contributed by atoms with Gasteiger partial charge in [0.15, 0.2) is 23.3 Å². The number of rotatable bonds is 11. The quantitative estimate of drug-likeness (QED) is 0.0973. The summed E-state index contributed by atoms with van der Waals surface area (Å²) in [5, 5.41) is 11.2. The van der Waals surface area contributed by atoms with Crippen molar-refractivity contribution in [3.63, 3.8) is 0 Å². The Morgan fingerprint density at radius 1 is 0.600 bits per heavy atom. The second kappa shape index (κ2) is 19.2. The third-order valence-electron chi connectivity index (χ3n) is 8.32. The van der Waals surface area contributed by atoms with E-state index in [1.165, 1.54) is 12.1 Å². The number of pyridine rings is 1. The molecule has 282 valence electrons. The third kappa shape index (κ3) is 11.0. The van der Waals surface area contributed by atoms with Crippen LogP contribution in [0.15, 0.2) is 124 Å². The largest absolute Gasteiger partial charge is 0.352 e. The van der Waals surface area contributed by atoms with Crippen LogP contribution in [-0.4, -0.2) is 23.3 Å². The van der Waals surface area contributed by atoms with Gasteiger partial charge >= 0.3 is 0 Å². The monoisotopic (exact) mass is 875 g/mol. The molecule has 2 amide bonds. The van der Waals surface area contributed by atoms with Crippen LogP contribution in [0.5, 0.6) is 0 Å². The van der Waals surface area contributed by atoms with Gasteiger partial charge in [0.1, 0.15) is 0 Å². The van der Waals surface area contributed by atoms with Crippen LogP contribution in [0.2, 0.25) is 0 Å². The van der Waals surface area contributed by atoms with Crippen molar-refractivity contribution in [1.82, 2.24) is 15.6 Å². The molecule has 0 aliphatic heterocycles. The Hall–Kier alpha value is -5.53. The molecule has 1 aromatic heterocycles. The van der Waals surface area contributed by atoms with E-state index in [1.807, 2.05) is 56.3 Å². The number of nitrogens with one attached hydrogen (secondary N) is 4. The Balaban J connectivity index is 0.000000211. The number of benzene rings is 5. The molecule has 0 aliphatic carbocycles.